The van der Waals surface area contributed by atoms with Crippen LogP contribution in [0.4, 0.5) is 0 Å². The van der Waals surface area contributed by atoms with Crippen molar-refractivity contribution in [2.75, 3.05) is 0 Å². The predicted octanol–water partition coefficient (Wildman–Crippen LogP) is 3.33. The standard InChI is InChI=1S/C15H11N3O/c1-2-15(10-16-7-1)19-14-5-3-12(4-6-14)13-8-17-11-18-9-13/h1-11H. The van der Waals surface area contributed by atoms with Gasteiger partial charge in [0, 0.05) is 24.2 Å². The Bertz CT molecular complexity index is 639. The van der Waals surface area contributed by atoms with Crippen molar-refractivity contribution in [1.29, 1.82) is 0 Å². The molecule has 0 aliphatic carbocycles. The molecule has 0 bridgehead atoms. The van der Waals surface area contributed by atoms with Crippen LogP contribution in [0.5, 0.6) is 11.5 Å². The van der Waals surface area contributed by atoms with Crippen molar-refractivity contribution < 1.29 is 4.74 Å². The lowest BCUT2D eigenvalue weighted by atomic mass is 10.1. The van der Waals surface area contributed by atoms with E-state index in [0.29, 0.717) is 0 Å². The van der Waals surface area contributed by atoms with Crippen molar-refractivity contribution in [3.8, 4) is 22.6 Å². The molecule has 0 saturated carbocycles. The van der Waals surface area contributed by atoms with Crippen molar-refractivity contribution >= 4 is 0 Å². The zero-order valence-electron chi connectivity index (χ0n) is 10.1. The Morgan fingerprint density at radius 2 is 1.47 bits per heavy atom. The van der Waals surface area contributed by atoms with E-state index < -0.39 is 0 Å². The number of hydrogen-bond donors (Lipinski definition) is 0. The molecule has 3 rings (SSSR count). The van der Waals surface area contributed by atoms with Crippen molar-refractivity contribution in [3.05, 3.63) is 67.5 Å². The maximum Gasteiger partial charge on any atom is 0.145 e. The maximum absolute atomic E-state index is 5.68. The molecule has 0 radical (unpaired) electrons. The second-order valence-electron chi connectivity index (χ2n) is 3.94. The van der Waals surface area contributed by atoms with E-state index in [1.165, 1.54) is 6.33 Å². The van der Waals surface area contributed by atoms with E-state index in [2.05, 4.69) is 15.0 Å². The van der Waals surface area contributed by atoms with Crippen LogP contribution >= 0.6 is 0 Å². The second kappa shape index (κ2) is 5.27. The Balaban J connectivity index is 1.80. The quantitative estimate of drug-likeness (QED) is 0.714. The van der Waals surface area contributed by atoms with Gasteiger partial charge in [0.25, 0.3) is 0 Å². The summed E-state index contributed by atoms with van der Waals surface area (Å²) in [6, 6.07) is 11.5. The highest BCUT2D eigenvalue weighted by atomic mass is 16.5. The zero-order chi connectivity index (χ0) is 12.9. The third-order valence-electron chi connectivity index (χ3n) is 2.62. The van der Waals surface area contributed by atoms with Gasteiger partial charge in [0.15, 0.2) is 0 Å². The van der Waals surface area contributed by atoms with Gasteiger partial charge in [0.2, 0.25) is 0 Å². The van der Waals surface area contributed by atoms with Crippen LogP contribution in [0.2, 0.25) is 0 Å². The summed E-state index contributed by atoms with van der Waals surface area (Å²) < 4.78 is 5.68. The fourth-order valence-electron chi connectivity index (χ4n) is 1.71. The Hall–Kier alpha value is -2.75. The molecule has 92 valence electrons. The number of pyridine rings is 1. The zero-order valence-corrected chi connectivity index (χ0v) is 10.1. The lowest BCUT2D eigenvalue weighted by molar-refractivity contribution is 0.480. The van der Waals surface area contributed by atoms with Gasteiger partial charge in [-0.2, -0.15) is 0 Å². The van der Waals surface area contributed by atoms with Crippen LogP contribution in [0, 0.1) is 0 Å². The smallest absolute Gasteiger partial charge is 0.145 e. The van der Waals surface area contributed by atoms with E-state index in [1.807, 2.05) is 36.4 Å². The van der Waals surface area contributed by atoms with Crippen molar-refractivity contribution in [1.82, 2.24) is 15.0 Å². The first kappa shape index (κ1) is 11.3. The first-order chi connectivity index (χ1) is 9.42. The van der Waals surface area contributed by atoms with Gasteiger partial charge in [-0.25, -0.2) is 9.97 Å². The number of ether oxygens (including phenoxy) is 1. The van der Waals surface area contributed by atoms with Crippen LogP contribution in [0.15, 0.2) is 67.5 Å². The van der Waals surface area contributed by atoms with Crippen LogP contribution < -0.4 is 4.74 Å². The van der Waals surface area contributed by atoms with Gasteiger partial charge in [0.05, 0.1) is 6.20 Å². The van der Waals surface area contributed by atoms with Crippen molar-refractivity contribution in [3.63, 3.8) is 0 Å². The molecule has 0 unspecified atom stereocenters. The maximum atomic E-state index is 5.68. The van der Waals surface area contributed by atoms with Crippen molar-refractivity contribution in [2.24, 2.45) is 0 Å². The summed E-state index contributed by atoms with van der Waals surface area (Å²) in [5.41, 5.74) is 2.04. The van der Waals surface area contributed by atoms with E-state index in [4.69, 9.17) is 4.74 Å². The lowest BCUT2D eigenvalue weighted by Gasteiger charge is -2.06. The molecule has 0 N–H and O–H groups in total. The molecule has 3 aromatic rings. The van der Waals surface area contributed by atoms with E-state index in [9.17, 15) is 0 Å². The van der Waals surface area contributed by atoms with E-state index in [-0.39, 0.29) is 0 Å². The highest BCUT2D eigenvalue weighted by Crippen LogP contribution is 2.24. The minimum absolute atomic E-state index is 0.721. The molecule has 2 aromatic heterocycles. The summed E-state index contributed by atoms with van der Waals surface area (Å²) in [5, 5.41) is 0. The Morgan fingerprint density at radius 3 is 2.16 bits per heavy atom. The monoisotopic (exact) mass is 249 g/mol. The molecular weight excluding hydrogens is 238 g/mol. The molecule has 0 spiro atoms. The van der Waals surface area contributed by atoms with Crippen LogP contribution in [0.3, 0.4) is 0 Å². The van der Waals surface area contributed by atoms with Gasteiger partial charge in [-0.15, -0.1) is 0 Å². The average Bonchev–Trinajstić information content (AvgIpc) is 2.50. The average molecular weight is 249 g/mol. The molecule has 0 fully saturated rings. The molecule has 0 atom stereocenters. The Morgan fingerprint density at radius 1 is 0.684 bits per heavy atom. The number of rotatable bonds is 3. The van der Waals surface area contributed by atoms with Crippen molar-refractivity contribution in [2.45, 2.75) is 0 Å². The molecule has 0 amide bonds. The number of aromatic nitrogens is 3. The molecule has 0 aliphatic heterocycles. The molecule has 0 saturated heterocycles. The SMILES string of the molecule is c1cncc(Oc2ccc(-c3cncnc3)cc2)c1. The topological polar surface area (TPSA) is 47.9 Å². The van der Waals surface area contributed by atoms with Crippen LogP contribution in [0.25, 0.3) is 11.1 Å². The molecule has 4 nitrogen and oxygen atoms in total. The molecule has 0 aliphatic rings. The van der Waals surface area contributed by atoms with Gasteiger partial charge in [0.1, 0.15) is 17.8 Å². The van der Waals surface area contributed by atoms with Gasteiger partial charge < -0.3 is 4.74 Å². The molecule has 2 heterocycles. The molecule has 19 heavy (non-hydrogen) atoms. The predicted molar refractivity (Wildman–Crippen MR) is 71.8 cm³/mol. The van der Waals surface area contributed by atoms with E-state index in [1.54, 1.807) is 24.8 Å². The van der Waals surface area contributed by atoms with Crippen LogP contribution in [-0.2, 0) is 0 Å². The summed E-state index contributed by atoms with van der Waals surface area (Å²) in [5.74, 6) is 1.49. The number of hydrogen-bond acceptors (Lipinski definition) is 4. The largest absolute Gasteiger partial charge is 0.456 e. The Labute approximate surface area is 110 Å². The van der Waals surface area contributed by atoms with E-state index >= 15 is 0 Å². The summed E-state index contributed by atoms with van der Waals surface area (Å²) in [6.45, 7) is 0. The lowest BCUT2D eigenvalue weighted by Crippen LogP contribution is -1.86. The Kier molecular flexibility index (Phi) is 3.14. The van der Waals surface area contributed by atoms with Gasteiger partial charge in [-0.05, 0) is 29.8 Å². The van der Waals surface area contributed by atoms with Gasteiger partial charge >= 0.3 is 0 Å². The minimum atomic E-state index is 0.721. The van der Waals surface area contributed by atoms with E-state index in [0.717, 1.165) is 22.6 Å². The number of nitrogens with zero attached hydrogens (tertiary/aromatic N) is 3. The highest BCUT2D eigenvalue weighted by Gasteiger charge is 2.00. The number of benzene rings is 1. The first-order valence-electron chi connectivity index (χ1n) is 5.85. The summed E-state index contributed by atoms with van der Waals surface area (Å²) in [7, 11) is 0. The fraction of sp³-hybridized carbons (Fsp3) is 0. The normalized spacial score (nSPS) is 10.1. The summed E-state index contributed by atoms with van der Waals surface area (Å²) in [6.07, 6.45) is 8.47. The van der Waals surface area contributed by atoms with Crippen LogP contribution in [0.1, 0.15) is 0 Å². The third-order valence-corrected chi connectivity index (χ3v) is 2.62. The van der Waals surface area contributed by atoms with Gasteiger partial charge in [-0.3, -0.25) is 4.98 Å². The fourth-order valence-corrected chi connectivity index (χ4v) is 1.71. The molecule has 4 heteroatoms. The molecule has 1 aromatic carbocycles. The van der Waals surface area contributed by atoms with Crippen LogP contribution in [-0.4, -0.2) is 15.0 Å². The highest BCUT2D eigenvalue weighted by molar-refractivity contribution is 5.62. The summed E-state index contributed by atoms with van der Waals surface area (Å²) >= 11 is 0. The molecular formula is C15H11N3O. The summed E-state index contributed by atoms with van der Waals surface area (Å²) in [4.78, 5) is 12.0. The second-order valence-corrected chi connectivity index (χ2v) is 3.94. The third kappa shape index (κ3) is 2.74. The van der Waals surface area contributed by atoms with Gasteiger partial charge in [-0.1, -0.05) is 12.1 Å². The minimum Gasteiger partial charge on any atom is -0.456 e. The first-order valence-corrected chi connectivity index (χ1v) is 5.85.